The smallest absolute Gasteiger partial charge is 0.164 e. The van der Waals surface area contributed by atoms with Crippen LogP contribution in [0.1, 0.15) is 109 Å². The molecule has 1 fully saturated rings. The van der Waals surface area contributed by atoms with Gasteiger partial charge in [0.05, 0.1) is 6.61 Å². The molecule has 1 saturated carbocycles. The third-order valence-electron chi connectivity index (χ3n) is 7.11. The molecule has 3 heteroatoms. The van der Waals surface area contributed by atoms with Crippen molar-refractivity contribution in [2.45, 2.75) is 111 Å². The van der Waals surface area contributed by atoms with Gasteiger partial charge in [0.15, 0.2) is 11.6 Å². The number of benzene rings is 1. The first-order chi connectivity index (χ1) is 14.6. The minimum Gasteiger partial charge on any atom is -0.377 e. The lowest BCUT2D eigenvalue weighted by Gasteiger charge is -2.29. The van der Waals surface area contributed by atoms with Crippen molar-refractivity contribution in [3.63, 3.8) is 0 Å². The predicted octanol–water partition coefficient (Wildman–Crippen LogP) is 8.63. The van der Waals surface area contributed by atoms with Crippen molar-refractivity contribution in [3.8, 4) is 0 Å². The van der Waals surface area contributed by atoms with Gasteiger partial charge < -0.3 is 4.74 Å². The molecular weight excluding hydrogens is 378 g/mol. The van der Waals surface area contributed by atoms with Gasteiger partial charge in [0.1, 0.15) is 0 Å². The zero-order chi connectivity index (χ0) is 21.8. The fraction of sp³-hybridized carbons (Fsp3) is 0.778. The molecule has 0 aliphatic heterocycles. The standard InChI is InChI=1S/C27H44F2O/c1-4-8-21(9-5-2)10-7-11-22-12-14-23(15-13-22)16-17-24-18-19-25(20-30-6-3)27(29)26(24)28/h18-19,21-23H,4-17,20H2,1-3H3. The van der Waals surface area contributed by atoms with Gasteiger partial charge >= 0.3 is 0 Å². The molecule has 1 aliphatic rings. The first kappa shape index (κ1) is 25.3. The molecule has 1 aromatic carbocycles. The lowest BCUT2D eigenvalue weighted by molar-refractivity contribution is 0.131. The molecule has 1 nitrogen and oxygen atoms in total. The largest absolute Gasteiger partial charge is 0.377 e. The molecule has 0 unspecified atom stereocenters. The highest BCUT2D eigenvalue weighted by atomic mass is 19.2. The fourth-order valence-corrected chi connectivity index (χ4v) is 5.26. The van der Waals surface area contributed by atoms with Crippen LogP contribution in [-0.2, 0) is 17.8 Å². The van der Waals surface area contributed by atoms with E-state index in [1.165, 1.54) is 70.6 Å². The van der Waals surface area contributed by atoms with Crippen LogP contribution in [0.3, 0.4) is 0 Å². The van der Waals surface area contributed by atoms with Gasteiger partial charge in [-0.05, 0) is 43.1 Å². The minimum atomic E-state index is -0.728. The number of rotatable bonds is 14. The molecule has 0 heterocycles. The molecule has 1 aromatic rings. The van der Waals surface area contributed by atoms with Gasteiger partial charge in [0, 0.05) is 12.2 Å². The summed E-state index contributed by atoms with van der Waals surface area (Å²) >= 11 is 0. The minimum absolute atomic E-state index is 0.140. The number of hydrogen-bond acceptors (Lipinski definition) is 1. The quantitative estimate of drug-likeness (QED) is 0.291. The first-order valence-electron chi connectivity index (χ1n) is 12.6. The average Bonchev–Trinajstić information content (AvgIpc) is 2.75. The van der Waals surface area contributed by atoms with E-state index in [0.717, 1.165) is 18.3 Å². The van der Waals surface area contributed by atoms with Crippen molar-refractivity contribution in [2.24, 2.45) is 17.8 Å². The van der Waals surface area contributed by atoms with Crippen LogP contribution in [0.2, 0.25) is 0 Å². The Morgan fingerprint density at radius 3 is 2.00 bits per heavy atom. The molecule has 1 aliphatic carbocycles. The summed E-state index contributed by atoms with van der Waals surface area (Å²) in [6.45, 7) is 7.11. The van der Waals surface area contributed by atoms with Gasteiger partial charge in [-0.3, -0.25) is 0 Å². The van der Waals surface area contributed by atoms with Crippen LogP contribution in [-0.4, -0.2) is 6.61 Å². The molecule has 0 atom stereocenters. The maximum absolute atomic E-state index is 14.4. The van der Waals surface area contributed by atoms with E-state index >= 15 is 0 Å². The van der Waals surface area contributed by atoms with Gasteiger partial charge in [-0.15, -0.1) is 0 Å². The third-order valence-corrected chi connectivity index (χ3v) is 7.11. The van der Waals surface area contributed by atoms with E-state index in [1.807, 2.05) is 6.92 Å². The van der Waals surface area contributed by atoms with Gasteiger partial charge in [0.25, 0.3) is 0 Å². The summed E-state index contributed by atoms with van der Waals surface area (Å²) in [5.41, 5.74) is 0.839. The maximum Gasteiger partial charge on any atom is 0.164 e. The molecule has 0 aromatic heterocycles. The topological polar surface area (TPSA) is 9.23 Å². The van der Waals surface area contributed by atoms with Gasteiger partial charge in [-0.25, -0.2) is 8.78 Å². The van der Waals surface area contributed by atoms with Crippen LogP contribution in [0.5, 0.6) is 0 Å². The first-order valence-corrected chi connectivity index (χ1v) is 12.6. The Labute approximate surface area is 184 Å². The van der Waals surface area contributed by atoms with Gasteiger partial charge in [-0.1, -0.05) is 96.6 Å². The summed E-state index contributed by atoms with van der Waals surface area (Å²) in [5, 5.41) is 0. The molecule has 0 spiro atoms. The third kappa shape index (κ3) is 8.29. The van der Waals surface area contributed by atoms with Crippen molar-refractivity contribution in [1.29, 1.82) is 0 Å². The van der Waals surface area contributed by atoms with E-state index in [-0.39, 0.29) is 6.61 Å². The summed E-state index contributed by atoms with van der Waals surface area (Å²) in [6, 6.07) is 3.44. The SMILES string of the molecule is CCCC(CCC)CCCC1CCC(CCc2ccc(COCC)c(F)c2F)CC1. The molecule has 2 rings (SSSR count). The summed E-state index contributed by atoms with van der Waals surface area (Å²) in [5.74, 6) is 1.09. The van der Waals surface area contributed by atoms with Crippen LogP contribution >= 0.6 is 0 Å². The molecule has 30 heavy (non-hydrogen) atoms. The van der Waals surface area contributed by atoms with Crippen molar-refractivity contribution in [1.82, 2.24) is 0 Å². The van der Waals surface area contributed by atoms with E-state index < -0.39 is 11.6 Å². The van der Waals surface area contributed by atoms with Crippen molar-refractivity contribution < 1.29 is 13.5 Å². The Morgan fingerprint density at radius 2 is 1.40 bits per heavy atom. The Kier molecular flexibility index (Phi) is 11.9. The van der Waals surface area contributed by atoms with Crippen molar-refractivity contribution >= 4 is 0 Å². The average molecular weight is 423 g/mol. The second-order valence-electron chi connectivity index (χ2n) is 9.45. The van der Waals surface area contributed by atoms with Gasteiger partial charge in [-0.2, -0.15) is 0 Å². The van der Waals surface area contributed by atoms with Crippen molar-refractivity contribution in [2.75, 3.05) is 6.61 Å². The van der Waals surface area contributed by atoms with E-state index in [1.54, 1.807) is 12.1 Å². The summed E-state index contributed by atoms with van der Waals surface area (Å²) in [6.07, 6.45) is 16.4. The number of halogens is 2. The fourth-order valence-electron chi connectivity index (χ4n) is 5.26. The Bertz CT molecular complexity index is 587. The Balaban J connectivity index is 1.69. The van der Waals surface area contributed by atoms with Crippen LogP contribution < -0.4 is 0 Å². The monoisotopic (exact) mass is 422 g/mol. The number of aryl methyl sites for hydroxylation is 1. The molecule has 0 amide bonds. The molecule has 0 bridgehead atoms. The molecule has 0 radical (unpaired) electrons. The maximum atomic E-state index is 14.4. The second-order valence-corrected chi connectivity index (χ2v) is 9.45. The predicted molar refractivity (Wildman–Crippen MR) is 123 cm³/mol. The highest BCUT2D eigenvalue weighted by Crippen LogP contribution is 2.35. The van der Waals surface area contributed by atoms with E-state index in [2.05, 4.69) is 13.8 Å². The molecule has 0 saturated heterocycles. The summed E-state index contributed by atoms with van der Waals surface area (Å²) in [7, 11) is 0. The van der Waals surface area contributed by atoms with E-state index in [9.17, 15) is 8.78 Å². The Hall–Kier alpha value is -0.960. The lowest BCUT2D eigenvalue weighted by atomic mass is 9.77. The molecule has 172 valence electrons. The van der Waals surface area contributed by atoms with Crippen LogP contribution in [0.4, 0.5) is 8.78 Å². The Morgan fingerprint density at radius 1 is 0.833 bits per heavy atom. The van der Waals surface area contributed by atoms with Crippen molar-refractivity contribution in [3.05, 3.63) is 34.9 Å². The second kappa shape index (κ2) is 14.2. The van der Waals surface area contributed by atoms with Gasteiger partial charge in [0.2, 0.25) is 0 Å². The zero-order valence-corrected chi connectivity index (χ0v) is 19.7. The summed E-state index contributed by atoms with van der Waals surface area (Å²) < 4.78 is 33.8. The van der Waals surface area contributed by atoms with E-state index in [4.69, 9.17) is 4.74 Å². The summed E-state index contributed by atoms with van der Waals surface area (Å²) in [4.78, 5) is 0. The highest BCUT2D eigenvalue weighted by Gasteiger charge is 2.22. The lowest BCUT2D eigenvalue weighted by Crippen LogP contribution is -2.16. The van der Waals surface area contributed by atoms with E-state index in [0.29, 0.717) is 30.1 Å². The molecule has 0 N–H and O–H groups in total. The van der Waals surface area contributed by atoms with Crippen LogP contribution in [0.15, 0.2) is 12.1 Å². The molecular formula is C27H44F2O. The van der Waals surface area contributed by atoms with Crippen LogP contribution in [0.25, 0.3) is 0 Å². The number of hydrogen-bond donors (Lipinski definition) is 0. The normalized spacial score (nSPS) is 19.5. The van der Waals surface area contributed by atoms with Crippen LogP contribution in [0, 0.1) is 29.4 Å². The zero-order valence-electron chi connectivity index (χ0n) is 19.7. The highest BCUT2D eigenvalue weighted by molar-refractivity contribution is 5.26. The number of ether oxygens (including phenoxy) is 1.